The lowest BCUT2D eigenvalue weighted by molar-refractivity contribution is 0.0683. The third-order valence-corrected chi connectivity index (χ3v) is 3.00. The quantitative estimate of drug-likeness (QED) is 0.829. The average molecular weight is 236 g/mol. The van der Waals surface area contributed by atoms with Crippen LogP contribution in [0.15, 0.2) is 18.3 Å². The van der Waals surface area contributed by atoms with Crippen LogP contribution >= 0.6 is 0 Å². The van der Waals surface area contributed by atoms with Gasteiger partial charge in [0.15, 0.2) is 0 Å². The van der Waals surface area contributed by atoms with Crippen molar-refractivity contribution >= 4 is 5.97 Å². The first-order chi connectivity index (χ1) is 8.16. The Morgan fingerprint density at radius 1 is 1.41 bits per heavy atom. The summed E-state index contributed by atoms with van der Waals surface area (Å²) in [5.41, 5.74) is 5.92. The highest BCUT2D eigenvalue weighted by Crippen LogP contribution is 2.23. The standard InChI is InChI=1S/C12H16N2O3/c13-8-3-5-9(6-4-8)17-11-10(12(15)16)2-1-7-14-11/h1-2,7-9H,3-6,13H2,(H,15,16). The first-order valence-corrected chi connectivity index (χ1v) is 5.77. The molecule has 1 saturated carbocycles. The summed E-state index contributed by atoms with van der Waals surface area (Å²) in [5.74, 6) is -0.805. The molecule has 0 aromatic carbocycles. The van der Waals surface area contributed by atoms with Gasteiger partial charge < -0.3 is 15.6 Å². The minimum absolute atomic E-state index is 0.0304. The van der Waals surface area contributed by atoms with Crippen molar-refractivity contribution in [3.05, 3.63) is 23.9 Å². The third-order valence-electron chi connectivity index (χ3n) is 3.00. The average Bonchev–Trinajstić information content (AvgIpc) is 2.32. The van der Waals surface area contributed by atoms with Gasteiger partial charge in [-0.3, -0.25) is 0 Å². The number of carbonyl (C=O) groups is 1. The molecule has 0 amide bonds. The topological polar surface area (TPSA) is 85.4 Å². The van der Waals surface area contributed by atoms with Crippen LogP contribution in [0.4, 0.5) is 0 Å². The van der Waals surface area contributed by atoms with E-state index in [1.165, 1.54) is 12.3 Å². The van der Waals surface area contributed by atoms with E-state index >= 15 is 0 Å². The Morgan fingerprint density at radius 2 is 2.12 bits per heavy atom. The molecule has 1 fully saturated rings. The van der Waals surface area contributed by atoms with Crippen LogP contribution in [0.1, 0.15) is 36.0 Å². The summed E-state index contributed by atoms with van der Waals surface area (Å²) in [6, 6.07) is 3.34. The third kappa shape index (κ3) is 2.94. The maximum absolute atomic E-state index is 11.0. The molecule has 1 aliphatic carbocycles. The Labute approximate surface area is 99.6 Å². The molecule has 0 bridgehead atoms. The minimum Gasteiger partial charge on any atom is -0.477 e. The lowest BCUT2D eigenvalue weighted by Gasteiger charge is -2.26. The fourth-order valence-corrected chi connectivity index (χ4v) is 2.01. The normalized spacial score (nSPS) is 24.3. The van der Waals surface area contributed by atoms with Crippen LogP contribution in [0.5, 0.6) is 5.88 Å². The van der Waals surface area contributed by atoms with Gasteiger partial charge in [-0.15, -0.1) is 0 Å². The fourth-order valence-electron chi connectivity index (χ4n) is 2.01. The minimum atomic E-state index is -1.01. The van der Waals surface area contributed by atoms with E-state index in [0.29, 0.717) is 0 Å². The predicted octanol–water partition coefficient (Wildman–Crippen LogP) is 1.43. The molecule has 2 rings (SSSR count). The number of nitrogens with two attached hydrogens (primary N) is 1. The Morgan fingerprint density at radius 3 is 2.76 bits per heavy atom. The number of hydrogen-bond acceptors (Lipinski definition) is 4. The monoisotopic (exact) mass is 236 g/mol. The molecule has 1 heterocycles. The highest BCUT2D eigenvalue weighted by molar-refractivity contribution is 5.90. The van der Waals surface area contributed by atoms with E-state index in [1.54, 1.807) is 6.07 Å². The Bertz CT molecular complexity index is 400. The molecule has 92 valence electrons. The van der Waals surface area contributed by atoms with Crippen molar-refractivity contribution in [2.45, 2.75) is 37.8 Å². The summed E-state index contributed by atoms with van der Waals surface area (Å²) in [4.78, 5) is 15.0. The molecule has 5 heteroatoms. The van der Waals surface area contributed by atoms with Crippen molar-refractivity contribution in [3.63, 3.8) is 0 Å². The van der Waals surface area contributed by atoms with Crippen LogP contribution in [-0.2, 0) is 0 Å². The zero-order valence-corrected chi connectivity index (χ0v) is 9.50. The number of hydrogen-bond donors (Lipinski definition) is 2. The lowest BCUT2D eigenvalue weighted by Crippen LogP contribution is -2.32. The summed E-state index contributed by atoms with van der Waals surface area (Å²) in [6.07, 6.45) is 5.12. The number of pyridine rings is 1. The number of carboxylic acids is 1. The molecule has 1 aliphatic rings. The van der Waals surface area contributed by atoms with Crippen molar-refractivity contribution in [3.8, 4) is 5.88 Å². The second-order valence-electron chi connectivity index (χ2n) is 4.32. The summed E-state index contributed by atoms with van der Waals surface area (Å²) in [6.45, 7) is 0. The maximum atomic E-state index is 11.0. The lowest BCUT2D eigenvalue weighted by atomic mass is 9.94. The van der Waals surface area contributed by atoms with Crippen molar-refractivity contribution < 1.29 is 14.6 Å². The van der Waals surface area contributed by atoms with Gasteiger partial charge in [-0.2, -0.15) is 0 Å². The van der Waals surface area contributed by atoms with Gasteiger partial charge in [-0.25, -0.2) is 9.78 Å². The van der Waals surface area contributed by atoms with Crippen molar-refractivity contribution in [1.82, 2.24) is 4.98 Å². The maximum Gasteiger partial charge on any atom is 0.341 e. The number of ether oxygens (including phenoxy) is 1. The molecule has 0 atom stereocenters. The molecule has 3 N–H and O–H groups in total. The summed E-state index contributed by atoms with van der Waals surface area (Å²) >= 11 is 0. The van der Waals surface area contributed by atoms with Crippen LogP contribution in [0.25, 0.3) is 0 Å². The zero-order chi connectivity index (χ0) is 12.3. The Kier molecular flexibility index (Phi) is 3.58. The van der Waals surface area contributed by atoms with E-state index in [1.807, 2.05) is 0 Å². The number of aromatic carboxylic acids is 1. The molecule has 0 unspecified atom stereocenters. The second kappa shape index (κ2) is 5.14. The molecule has 0 aliphatic heterocycles. The molecular formula is C12H16N2O3. The van der Waals surface area contributed by atoms with Gasteiger partial charge in [0, 0.05) is 12.2 Å². The summed E-state index contributed by atoms with van der Waals surface area (Å²) in [5, 5.41) is 9.00. The van der Waals surface area contributed by atoms with Crippen LogP contribution in [0, 0.1) is 0 Å². The van der Waals surface area contributed by atoms with Gasteiger partial charge in [0.25, 0.3) is 0 Å². The summed E-state index contributed by atoms with van der Waals surface area (Å²) in [7, 11) is 0. The number of rotatable bonds is 3. The van der Waals surface area contributed by atoms with E-state index in [2.05, 4.69) is 4.98 Å². The highest BCUT2D eigenvalue weighted by atomic mass is 16.5. The fraction of sp³-hybridized carbons (Fsp3) is 0.500. The number of carboxylic acid groups (broad SMARTS) is 1. The highest BCUT2D eigenvalue weighted by Gasteiger charge is 2.22. The van der Waals surface area contributed by atoms with Gasteiger partial charge in [-0.1, -0.05) is 0 Å². The van der Waals surface area contributed by atoms with Gasteiger partial charge >= 0.3 is 5.97 Å². The van der Waals surface area contributed by atoms with Crippen LogP contribution < -0.4 is 10.5 Å². The number of nitrogens with zero attached hydrogens (tertiary/aromatic N) is 1. The molecule has 1 aromatic heterocycles. The second-order valence-corrected chi connectivity index (χ2v) is 4.32. The van der Waals surface area contributed by atoms with E-state index < -0.39 is 5.97 Å². The van der Waals surface area contributed by atoms with Crippen molar-refractivity contribution in [1.29, 1.82) is 0 Å². The van der Waals surface area contributed by atoms with Crippen LogP contribution in [0.3, 0.4) is 0 Å². The Hall–Kier alpha value is -1.62. The predicted molar refractivity (Wildman–Crippen MR) is 62.1 cm³/mol. The van der Waals surface area contributed by atoms with Gasteiger partial charge in [0.1, 0.15) is 11.7 Å². The van der Waals surface area contributed by atoms with E-state index in [9.17, 15) is 4.79 Å². The van der Waals surface area contributed by atoms with Crippen LogP contribution in [-0.4, -0.2) is 28.2 Å². The van der Waals surface area contributed by atoms with E-state index in [0.717, 1.165) is 25.7 Å². The Balaban J connectivity index is 2.05. The first kappa shape index (κ1) is 11.9. The molecule has 0 spiro atoms. The molecule has 1 aromatic rings. The smallest absolute Gasteiger partial charge is 0.341 e. The molecule has 17 heavy (non-hydrogen) atoms. The van der Waals surface area contributed by atoms with E-state index in [4.69, 9.17) is 15.6 Å². The molecular weight excluding hydrogens is 220 g/mol. The van der Waals surface area contributed by atoms with Crippen molar-refractivity contribution in [2.24, 2.45) is 5.73 Å². The molecule has 0 radical (unpaired) electrons. The van der Waals surface area contributed by atoms with Crippen molar-refractivity contribution in [2.75, 3.05) is 0 Å². The number of aromatic nitrogens is 1. The summed E-state index contributed by atoms with van der Waals surface area (Å²) < 4.78 is 5.65. The largest absolute Gasteiger partial charge is 0.477 e. The molecule has 5 nitrogen and oxygen atoms in total. The van der Waals surface area contributed by atoms with E-state index in [-0.39, 0.29) is 23.6 Å². The van der Waals surface area contributed by atoms with Gasteiger partial charge in [0.2, 0.25) is 5.88 Å². The zero-order valence-electron chi connectivity index (χ0n) is 9.50. The first-order valence-electron chi connectivity index (χ1n) is 5.77. The SMILES string of the molecule is NC1CCC(Oc2ncccc2C(=O)O)CC1. The van der Waals surface area contributed by atoms with Crippen LogP contribution in [0.2, 0.25) is 0 Å². The molecule has 0 saturated heterocycles. The van der Waals surface area contributed by atoms with Gasteiger partial charge in [-0.05, 0) is 37.8 Å². The van der Waals surface area contributed by atoms with Gasteiger partial charge in [0.05, 0.1) is 0 Å².